The zero-order valence-electron chi connectivity index (χ0n) is 24.4. The molecule has 0 fully saturated rings. The number of aliphatic hydroxyl groups is 2. The molecule has 13 nitrogen and oxygen atoms in total. The molecule has 0 saturated carbocycles. The van der Waals surface area contributed by atoms with Crippen LogP contribution in [0.4, 0.5) is 5.69 Å². The third-order valence-corrected chi connectivity index (χ3v) is 7.80. The summed E-state index contributed by atoms with van der Waals surface area (Å²) in [7, 11) is 6.69. The number of ketones is 2. The maximum absolute atomic E-state index is 14.1. The summed E-state index contributed by atoms with van der Waals surface area (Å²) in [5.41, 5.74) is -2.64. The van der Waals surface area contributed by atoms with Gasteiger partial charge < -0.3 is 24.6 Å². The van der Waals surface area contributed by atoms with Crippen LogP contribution in [0.2, 0.25) is 0 Å². The first kappa shape index (κ1) is 30.6. The van der Waals surface area contributed by atoms with Gasteiger partial charge in [-0.15, -0.1) is 0 Å². The van der Waals surface area contributed by atoms with Crippen molar-refractivity contribution >= 4 is 41.0 Å². The number of nitrogens with one attached hydrogen (secondary N) is 1. The van der Waals surface area contributed by atoms with E-state index in [-0.39, 0.29) is 35.5 Å². The lowest BCUT2D eigenvalue weighted by Crippen LogP contribution is -2.64. The third-order valence-electron chi connectivity index (χ3n) is 7.80. The summed E-state index contributed by atoms with van der Waals surface area (Å²) in [6.45, 7) is 3.28. The first-order valence-corrected chi connectivity index (χ1v) is 13.2. The fraction of sp³-hybridized carbons (Fsp3) is 0.448. The van der Waals surface area contributed by atoms with E-state index in [0.29, 0.717) is 11.3 Å². The van der Waals surface area contributed by atoms with Gasteiger partial charge in [-0.2, -0.15) is 0 Å². The van der Waals surface area contributed by atoms with Gasteiger partial charge in [0.1, 0.15) is 22.8 Å². The molecule has 0 unspecified atom stereocenters. The fourth-order valence-electron chi connectivity index (χ4n) is 6.32. The average Bonchev–Trinajstić information content (AvgIpc) is 2.84. The Morgan fingerprint density at radius 3 is 2.14 bits per heavy atom. The molecule has 2 amide bonds. The summed E-state index contributed by atoms with van der Waals surface area (Å²) in [6, 6.07) is 2.05. The van der Waals surface area contributed by atoms with Gasteiger partial charge in [-0.05, 0) is 50.6 Å². The number of esters is 2. The van der Waals surface area contributed by atoms with Crippen molar-refractivity contribution in [3.8, 4) is 5.75 Å². The molecule has 0 radical (unpaired) electrons. The number of benzene rings is 1. The van der Waals surface area contributed by atoms with Crippen molar-refractivity contribution in [2.24, 2.45) is 11.8 Å². The molecule has 0 aromatic heterocycles. The van der Waals surface area contributed by atoms with E-state index in [2.05, 4.69) is 0 Å². The van der Waals surface area contributed by atoms with Crippen LogP contribution in [0.25, 0.3) is 0 Å². The van der Waals surface area contributed by atoms with Gasteiger partial charge in [-0.25, -0.2) is 0 Å². The minimum atomic E-state index is -2.79. The van der Waals surface area contributed by atoms with Crippen LogP contribution in [-0.2, 0) is 35.1 Å². The second-order valence-electron chi connectivity index (χ2n) is 11.1. The number of likely N-dealkylation sites (N-methyl/N-ethyl adjacent to an activating group) is 1. The highest BCUT2D eigenvalue weighted by atomic mass is 16.5. The zero-order chi connectivity index (χ0) is 31.4. The monoisotopic (exact) mass is 583 g/mol. The molecule has 3 aliphatic rings. The number of allylic oxidation sites excluding steroid dienone is 1. The Morgan fingerprint density at radius 1 is 1.00 bits per heavy atom. The summed E-state index contributed by atoms with van der Waals surface area (Å²) < 4.78 is 10.7. The van der Waals surface area contributed by atoms with E-state index in [9.17, 15) is 39.0 Å². The Kier molecular flexibility index (Phi) is 7.87. The van der Waals surface area contributed by atoms with Crippen LogP contribution in [-0.4, -0.2) is 90.3 Å². The highest BCUT2D eigenvalue weighted by Gasteiger charge is 2.64. The number of hydrogen-bond donors (Lipinski definition) is 3. The third kappa shape index (κ3) is 4.77. The predicted molar refractivity (Wildman–Crippen MR) is 146 cm³/mol. The van der Waals surface area contributed by atoms with Crippen molar-refractivity contribution in [1.29, 1.82) is 0 Å². The van der Waals surface area contributed by atoms with Crippen LogP contribution in [0.5, 0.6) is 5.75 Å². The normalized spacial score (nSPS) is 24.9. The number of nitrogens with zero attached hydrogens (tertiary/aromatic N) is 2. The largest absolute Gasteiger partial charge is 0.508 e. The lowest BCUT2D eigenvalue weighted by Gasteiger charge is -2.50. The molecule has 42 heavy (non-hydrogen) atoms. The molecule has 4 atom stereocenters. The Balaban J connectivity index is 2.00. The SMILES string of the molecule is CC(=O)NC(=O)C1=C(OC(C)=O)[C@@H](N(C)C)[C@@H]2C[C@@H]3Cc4c(N(C)C)ccc(OC(C)=O)c4C(=O)C3=C(O)[C@]2(O)C1=O. The molecule has 224 valence electrons. The zero-order valence-corrected chi connectivity index (χ0v) is 24.4. The number of fused-ring (bicyclic) bond motifs is 3. The molecule has 4 rings (SSSR count). The number of hydrogen-bond acceptors (Lipinski definition) is 12. The maximum atomic E-state index is 14.1. The second-order valence-corrected chi connectivity index (χ2v) is 11.1. The summed E-state index contributed by atoms with van der Waals surface area (Å²) >= 11 is 0. The molecular weight excluding hydrogens is 550 g/mol. The number of aliphatic hydroxyl groups excluding tert-OH is 1. The van der Waals surface area contributed by atoms with Gasteiger partial charge in [0.05, 0.1) is 11.6 Å². The van der Waals surface area contributed by atoms with Crippen LogP contribution in [0.15, 0.2) is 34.8 Å². The van der Waals surface area contributed by atoms with E-state index in [1.807, 2.05) is 5.32 Å². The van der Waals surface area contributed by atoms with Gasteiger partial charge in [0.25, 0.3) is 5.91 Å². The van der Waals surface area contributed by atoms with Gasteiger partial charge in [0.2, 0.25) is 11.7 Å². The Labute approximate surface area is 241 Å². The smallest absolute Gasteiger partial charge is 0.308 e. The minimum absolute atomic E-state index is 0.00867. The first-order chi connectivity index (χ1) is 19.5. The Bertz CT molecular complexity index is 1500. The average molecular weight is 584 g/mol. The molecule has 1 aromatic carbocycles. The Hall–Kier alpha value is -4.36. The van der Waals surface area contributed by atoms with Gasteiger partial charge >= 0.3 is 11.9 Å². The maximum Gasteiger partial charge on any atom is 0.308 e. The van der Waals surface area contributed by atoms with Crippen molar-refractivity contribution in [1.82, 2.24) is 10.2 Å². The molecule has 3 N–H and O–H groups in total. The van der Waals surface area contributed by atoms with E-state index >= 15 is 0 Å². The quantitative estimate of drug-likeness (QED) is 0.250. The number of imide groups is 1. The number of ether oxygens (including phenoxy) is 2. The summed E-state index contributed by atoms with van der Waals surface area (Å²) in [6.07, 6.45) is 0.140. The van der Waals surface area contributed by atoms with Crippen molar-refractivity contribution in [2.75, 3.05) is 33.1 Å². The van der Waals surface area contributed by atoms with E-state index in [0.717, 1.165) is 13.8 Å². The number of Topliss-reactive ketones (excluding diaryl/α,β-unsaturated/α-hetero) is 2. The number of carbonyl (C=O) groups excluding carboxylic acids is 6. The standard InChI is InChI=1S/C29H33N3O10/c1-12(33)30-28(39)22-25(42-14(3)35)23(32(6)7)17-11-15-10-16-18(31(4)5)8-9-19(41-13(2)34)21(16)24(36)20(15)26(37)29(17,40)27(22)38/h8-9,15,17,23,37,40H,10-11H2,1-7H3,(H,30,33,39)/t15-,17-,23-,29-/m0/s1. The number of anilines is 1. The number of amides is 2. The lowest BCUT2D eigenvalue weighted by molar-refractivity contribution is -0.152. The fourth-order valence-corrected chi connectivity index (χ4v) is 6.32. The van der Waals surface area contributed by atoms with Crippen molar-refractivity contribution in [3.05, 3.63) is 45.9 Å². The molecule has 3 aliphatic carbocycles. The summed E-state index contributed by atoms with van der Waals surface area (Å²) in [5, 5.41) is 25.7. The molecule has 0 spiro atoms. The Morgan fingerprint density at radius 2 is 1.62 bits per heavy atom. The molecular formula is C29H33N3O10. The first-order valence-electron chi connectivity index (χ1n) is 13.2. The molecule has 0 heterocycles. The van der Waals surface area contributed by atoms with E-state index in [4.69, 9.17) is 9.47 Å². The summed E-state index contributed by atoms with van der Waals surface area (Å²) in [4.78, 5) is 80.1. The number of rotatable bonds is 5. The van der Waals surface area contributed by atoms with Crippen LogP contribution in [0, 0.1) is 11.8 Å². The van der Waals surface area contributed by atoms with Gasteiger partial charge in [-0.1, -0.05) is 0 Å². The summed E-state index contributed by atoms with van der Waals surface area (Å²) in [5.74, 6) is -8.91. The van der Waals surface area contributed by atoms with Gasteiger partial charge in [-0.3, -0.25) is 39.0 Å². The van der Waals surface area contributed by atoms with Gasteiger partial charge in [0.15, 0.2) is 11.4 Å². The minimum Gasteiger partial charge on any atom is -0.508 e. The highest BCUT2D eigenvalue weighted by molar-refractivity contribution is 6.27. The van der Waals surface area contributed by atoms with E-state index in [1.54, 1.807) is 39.2 Å². The van der Waals surface area contributed by atoms with E-state index < -0.39 is 70.1 Å². The molecule has 13 heteroatoms. The van der Waals surface area contributed by atoms with Gasteiger partial charge in [0, 0.05) is 52.0 Å². The van der Waals surface area contributed by atoms with Crippen LogP contribution < -0.4 is 15.0 Å². The second kappa shape index (κ2) is 10.8. The van der Waals surface area contributed by atoms with E-state index in [1.165, 1.54) is 17.9 Å². The molecule has 1 aromatic rings. The highest BCUT2D eigenvalue weighted by Crippen LogP contribution is 2.53. The van der Waals surface area contributed by atoms with Crippen LogP contribution in [0.1, 0.15) is 43.1 Å². The molecule has 0 aliphatic heterocycles. The lowest BCUT2D eigenvalue weighted by atomic mass is 9.58. The van der Waals surface area contributed by atoms with Crippen molar-refractivity contribution in [2.45, 2.75) is 45.3 Å². The molecule has 0 bridgehead atoms. The topological polar surface area (TPSA) is 180 Å². The van der Waals surface area contributed by atoms with Crippen molar-refractivity contribution in [3.63, 3.8) is 0 Å². The van der Waals surface area contributed by atoms with Crippen LogP contribution in [0.3, 0.4) is 0 Å². The molecule has 0 saturated heterocycles. The van der Waals surface area contributed by atoms with Crippen molar-refractivity contribution < 1.29 is 48.5 Å². The van der Waals surface area contributed by atoms with Crippen LogP contribution >= 0.6 is 0 Å². The number of carbonyl (C=O) groups is 6. The predicted octanol–water partition coefficient (Wildman–Crippen LogP) is 0.589.